The van der Waals surface area contributed by atoms with Crippen LogP contribution in [0.5, 0.6) is 0 Å². The van der Waals surface area contributed by atoms with Gasteiger partial charge in [0.1, 0.15) is 5.03 Å². The molecule has 2 aliphatic rings. The number of aliphatic hydroxyl groups excluding tert-OH is 1. The van der Waals surface area contributed by atoms with Crippen LogP contribution in [0, 0.1) is 5.92 Å². The minimum absolute atomic E-state index is 0.0121. The van der Waals surface area contributed by atoms with E-state index >= 15 is 0 Å². The molecular formula is C13H18N4O2S. The molecule has 0 spiro atoms. The third-order valence-corrected chi connectivity index (χ3v) is 4.82. The zero-order valence-electron chi connectivity index (χ0n) is 11.3. The number of thioether (sulfide) groups is 1. The summed E-state index contributed by atoms with van der Waals surface area (Å²) in [6.45, 7) is 2.07. The van der Waals surface area contributed by atoms with Crippen LogP contribution in [0.1, 0.15) is 26.2 Å². The topological polar surface area (TPSA) is 87.1 Å². The van der Waals surface area contributed by atoms with Gasteiger partial charge in [-0.3, -0.25) is 4.79 Å². The summed E-state index contributed by atoms with van der Waals surface area (Å²) in [7, 11) is 0. The lowest BCUT2D eigenvalue weighted by Gasteiger charge is -2.31. The smallest absolute Gasteiger partial charge is 0.234 e. The second kappa shape index (κ2) is 5.57. The third kappa shape index (κ3) is 2.88. The second-order valence-corrected chi connectivity index (χ2v) is 6.41. The summed E-state index contributed by atoms with van der Waals surface area (Å²) < 4.78 is 0. The van der Waals surface area contributed by atoms with Gasteiger partial charge in [-0.05, 0) is 25.2 Å². The number of carbonyl (C=O) groups excluding carboxylic acids is 1. The summed E-state index contributed by atoms with van der Waals surface area (Å²) in [5, 5.41) is 16.6. The van der Waals surface area contributed by atoms with Gasteiger partial charge in [-0.1, -0.05) is 18.7 Å². The zero-order valence-corrected chi connectivity index (χ0v) is 12.1. The molecule has 6 nitrogen and oxygen atoms in total. The van der Waals surface area contributed by atoms with E-state index in [2.05, 4.69) is 27.5 Å². The van der Waals surface area contributed by atoms with Crippen molar-refractivity contribution in [1.29, 1.82) is 0 Å². The fraction of sp³-hybridized carbons (Fsp3) is 0.615. The molecule has 108 valence electrons. The number of nitrogens with zero attached hydrogens (tertiary/aromatic N) is 2. The standard InChI is InChI=1S/C13H18N4O2S/c1-7-4-8(2-3-10(7)18)15-13-14-5-9-12(17-13)20-6-11(19)16-9/h5,7-8,10,18H,2-4,6H2,1H3,(H,16,19)(H,14,15,17). The number of anilines is 2. The molecule has 3 rings (SSSR count). The molecular weight excluding hydrogens is 276 g/mol. The summed E-state index contributed by atoms with van der Waals surface area (Å²) in [4.78, 5) is 20.0. The maximum Gasteiger partial charge on any atom is 0.234 e. The highest BCUT2D eigenvalue weighted by Crippen LogP contribution is 2.30. The molecule has 1 aliphatic carbocycles. The van der Waals surface area contributed by atoms with Crippen LogP contribution in [-0.2, 0) is 4.79 Å². The fourth-order valence-corrected chi connectivity index (χ4v) is 3.40. The largest absolute Gasteiger partial charge is 0.393 e. The molecule has 0 saturated heterocycles. The van der Waals surface area contributed by atoms with E-state index in [0.29, 0.717) is 29.3 Å². The van der Waals surface area contributed by atoms with Crippen LogP contribution in [0.3, 0.4) is 0 Å². The number of rotatable bonds is 2. The molecule has 0 bridgehead atoms. The van der Waals surface area contributed by atoms with Gasteiger partial charge in [0.2, 0.25) is 11.9 Å². The van der Waals surface area contributed by atoms with Gasteiger partial charge in [-0.15, -0.1) is 0 Å². The van der Waals surface area contributed by atoms with Gasteiger partial charge < -0.3 is 15.7 Å². The monoisotopic (exact) mass is 294 g/mol. The number of aromatic nitrogens is 2. The van der Waals surface area contributed by atoms with Crippen LogP contribution < -0.4 is 10.6 Å². The Morgan fingerprint density at radius 2 is 2.35 bits per heavy atom. The van der Waals surface area contributed by atoms with E-state index in [4.69, 9.17) is 0 Å². The highest BCUT2D eigenvalue weighted by Gasteiger charge is 2.26. The van der Waals surface area contributed by atoms with Gasteiger partial charge in [0.05, 0.1) is 23.7 Å². The Bertz CT molecular complexity index is 525. The number of hydrogen-bond acceptors (Lipinski definition) is 6. The molecule has 1 fully saturated rings. The SMILES string of the molecule is CC1CC(Nc2ncc3c(n2)SCC(=O)N3)CCC1O. The number of carbonyl (C=O) groups is 1. The van der Waals surface area contributed by atoms with Crippen LogP contribution in [0.25, 0.3) is 0 Å². The fourth-order valence-electron chi connectivity index (χ4n) is 2.65. The van der Waals surface area contributed by atoms with E-state index in [9.17, 15) is 9.90 Å². The quantitative estimate of drug-likeness (QED) is 0.716. The van der Waals surface area contributed by atoms with Crippen LogP contribution in [0.4, 0.5) is 11.6 Å². The minimum Gasteiger partial charge on any atom is -0.393 e. The second-order valence-electron chi connectivity index (χ2n) is 5.45. The predicted octanol–water partition coefficient (Wildman–Crippen LogP) is 1.48. The van der Waals surface area contributed by atoms with Crippen molar-refractivity contribution in [3.63, 3.8) is 0 Å². The van der Waals surface area contributed by atoms with E-state index < -0.39 is 0 Å². The molecule has 1 saturated carbocycles. The minimum atomic E-state index is -0.191. The Hall–Kier alpha value is -1.34. The van der Waals surface area contributed by atoms with Crippen molar-refractivity contribution in [1.82, 2.24) is 9.97 Å². The van der Waals surface area contributed by atoms with E-state index in [1.54, 1.807) is 6.20 Å². The van der Waals surface area contributed by atoms with Gasteiger partial charge in [0, 0.05) is 6.04 Å². The number of aliphatic hydroxyl groups is 1. The van der Waals surface area contributed by atoms with E-state index in [1.807, 2.05) is 0 Å². The molecule has 1 amide bonds. The summed E-state index contributed by atoms with van der Waals surface area (Å²) in [6, 6.07) is 0.301. The number of nitrogens with one attached hydrogen (secondary N) is 2. The van der Waals surface area contributed by atoms with Gasteiger partial charge in [-0.2, -0.15) is 0 Å². The van der Waals surface area contributed by atoms with E-state index in [1.165, 1.54) is 11.8 Å². The van der Waals surface area contributed by atoms with Crippen molar-refractivity contribution in [2.45, 2.75) is 43.4 Å². The van der Waals surface area contributed by atoms with Gasteiger partial charge >= 0.3 is 0 Å². The van der Waals surface area contributed by atoms with Crippen molar-refractivity contribution < 1.29 is 9.90 Å². The first-order valence-electron chi connectivity index (χ1n) is 6.86. The molecule has 2 heterocycles. The Balaban J connectivity index is 1.68. The maximum absolute atomic E-state index is 11.3. The normalized spacial score (nSPS) is 29.5. The average molecular weight is 294 g/mol. The predicted molar refractivity (Wildman–Crippen MR) is 77.8 cm³/mol. The molecule has 1 aromatic rings. The summed E-state index contributed by atoms with van der Waals surface area (Å²) in [5.41, 5.74) is 0.684. The van der Waals surface area contributed by atoms with Crippen LogP contribution in [0.15, 0.2) is 11.2 Å². The average Bonchev–Trinajstić information content (AvgIpc) is 2.43. The van der Waals surface area contributed by atoms with Crippen molar-refractivity contribution in [3.05, 3.63) is 6.20 Å². The Morgan fingerprint density at radius 3 is 3.15 bits per heavy atom. The lowest BCUT2D eigenvalue weighted by molar-refractivity contribution is -0.113. The highest BCUT2D eigenvalue weighted by atomic mass is 32.2. The summed E-state index contributed by atoms with van der Waals surface area (Å²) in [6.07, 6.45) is 4.12. The van der Waals surface area contributed by atoms with Gasteiger partial charge in [-0.25, -0.2) is 9.97 Å². The number of amides is 1. The van der Waals surface area contributed by atoms with E-state index in [-0.39, 0.29) is 12.0 Å². The number of hydrogen-bond donors (Lipinski definition) is 3. The molecule has 0 aromatic carbocycles. The van der Waals surface area contributed by atoms with Crippen LogP contribution in [0.2, 0.25) is 0 Å². The lowest BCUT2D eigenvalue weighted by Crippen LogP contribution is -2.34. The first-order valence-corrected chi connectivity index (χ1v) is 7.84. The van der Waals surface area contributed by atoms with Crippen molar-refractivity contribution in [3.8, 4) is 0 Å². The first kappa shape index (κ1) is 13.6. The third-order valence-electron chi connectivity index (χ3n) is 3.83. The molecule has 20 heavy (non-hydrogen) atoms. The highest BCUT2D eigenvalue weighted by molar-refractivity contribution is 8.00. The van der Waals surface area contributed by atoms with Gasteiger partial charge in [0.15, 0.2) is 0 Å². The molecule has 7 heteroatoms. The van der Waals surface area contributed by atoms with E-state index in [0.717, 1.165) is 24.3 Å². The molecule has 3 unspecified atom stereocenters. The number of fused-ring (bicyclic) bond motifs is 1. The molecule has 1 aromatic heterocycles. The van der Waals surface area contributed by atoms with Crippen molar-refractivity contribution >= 4 is 29.3 Å². The first-order chi connectivity index (χ1) is 9.61. The van der Waals surface area contributed by atoms with Crippen molar-refractivity contribution in [2.75, 3.05) is 16.4 Å². The molecule has 1 aliphatic heterocycles. The van der Waals surface area contributed by atoms with Gasteiger partial charge in [0.25, 0.3) is 0 Å². The molecule has 3 N–H and O–H groups in total. The van der Waals surface area contributed by atoms with Crippen LogP contribution in [-0.4, -0.2) is 38.9 Å². The summed E-state index contributed by atoms with van der Waals surface area (Å²) >= 11 is 1.43. The lowest BCUT2D eigenvalue weighted by atomic mass is 9.85. The Labute approximate surface area is 121 Å². The van der Waals surface area contributed by atoms with Crippen molar-refractivity contribution in [2.24, 2.45) is 5.92 Å². The summed E-state index contributed by atoms with van der Waals surface area (Å²) in [5.74, 6) is 1.28. The Kier molecular flexibility index (Phi) is 3.80. The Morgan fingerprint density at radius 1 is 1.50 bits per heavy atom. The zero-order chi connectivity index (χ0) is 14.1. The maximum atomic E-state index is 11.3. The molecule has 3 atom stereocenters. The molecule has 0 radical (unpaired) electrons. The van der Waals surface area contributed by atoms with Crippen LogP contribution >= 0.6 is 11.8 Å².